The molecule has 0 spiro atoms. The Hall–Kier alpha value is -0.410. The average Bonchev–Trinajstić information content (AvgIpc) is 2.16. The summed E-state index contributed by atoms with van der Waals surface area (Å²) < 4.78 is 0. The summed E-state index contributed by atoms with van der Waals surface area (Å²) in [6.45, 7) is 6.23. The van der Waals surface area contributed by atoms with Crippen LogP contribution >= 0.6 is 0 Å². The van der Waals surface area contributed by atoms with Crippen LogP contribution in [-0.2, 0) is 4.79 Å². The standard InChI is InChI=1S/C11H22N2O/c1-4-10-9-13(6-5-11(10)14)8-7-12(2)3/h10H,4-9H2,1-3H3. The lowest BCUT2D eigenvalue weighted by molar-refractivity contribution is -0.126. The summed E-state index contributed by atoms with van der Waals surface area (Å²) in [4.78, 5) is 16.1. The molecule has 1 aliphatic heterocycles. The first-order valence-corrected chi connectivity index (χ1v) is 5.53. The van der Waals surface area contributed by atoms with E-state index in [0.29, 0.717) is 11.7 Å². The van der Waals surface area contributed by atoms with Crippen molar-refractivity contribution in [2.75, 3.05) is 40.3 Å². The molecule has 0 aliphatic carbocycles. The number of carbonyl (C=O) groups excluding carboxylic acids is 1. The van der Waals surface area contributed by atoms with E-state index >= 15 is 0 Å². The number of likely N-dealkylation sites (tertiary alicyclic amines) is 1. The van der Waals surface area contributed by atoms with Crippen molar-refractivity contribution in [3.8, 4) is 0 Å². The second kappa shape index (κ2) is 5.47. The van der Waals surface area contributed by atoms with Crippen LogP contribution in [0.25, 0.3) is 0 Å². The van der Waals surface area contributed by atoms with Crippen LogP contribution in [0.1, 0.15) is 19.8 Å². The van der Waals surface area contributed by atoms with Gasteiger partial charge in [-0.15, -0.1) is 0 Å². The third kappa shape index (κ3) is 3.39. The number of hydrogen-bond acceptors (Lipinski definition) is 3. The van der Waals surface area contributed by atoms with Gasteiger partial charge in [0, 0.05) is 38.5 Å². The predicted octanol–water partition coefficient (Wildman–Crippen LogP) is 0.849. The number of Topliss-reactive ketones (excluding diaryl/α,β-unsaturated/α-hetero) is 1. The maximum absolute atomic E-state index is 11.5. The van der Waals surface area contributed by atoms with Crippen LogP contribution in [0.5, 0.6) is 0 Å². The van der Waals surface area contributed by atoms with Gasteiger partial charge in [-0.1, -0.05) is 6.92 Å². The molecular formula is C11H22N2O. The molecule has 1 fully saturated rings. The predicted molar refractivity (Wildman–Crippen MR) is 58.4 cm³/mol. The van der Waals surface area contributed by atoms with Crippen molar-refractivity contribution in [1.82, 2.24) is 9.80 Å². The van der Waals surface area contributed by atoms with Crippen LogP contribution in [0.15, 0.2) is 0 Å². The number of carbonyl (C=O) groups is 1. The summed E-state index contributed by atoms with van der Waals surface area (Å²) in [5.74, 6) is 0.763. The summed E-state index contributed by atoms with van der Waals surface area (Å²) in [5.41, 5.74) is 0. The molecule has 0 N–H and O–H groups in total. The molecule has 0 bridgehead atoms. The first-order valence-electron chi connectivity index (χ1n) is 5.53. The van der Waals surface area contributed by atoms with Gasteiger partial charge in [0.25, 0.3) is 0 Å². The van der Waals surface area contributed by atoms with Crippen molar-refractivity contribution < 1.29 is 4.79 Å². The Bertz CT molecular complexity index is 192. The number of nitrogens with zero attached hydrogens (tertiary/aromatic N) is 2. The molecule has 1 heterocycles. The summed E-state index contributed by atoms with van der Waals surface area (Å²) in [6.07, 6.45) is 1.75. The van der Waals surface area contributed by atoms with E-state index < -0.39 is 0 Å². The Labute approximate surface area is 87.1 Å². The van der Waals surface area contributed by atoms with Crippen LogP contribution in [0.3, 0.4) is 0 Å². The van der Waals surface area contributed by atoms with Crippen LogP contribution in [-0.4, -0.2) is 55.9 Å². The van der Waals surface area contributed by atoms with Crippen molar-refractivity contribution in [3.05, 3.63) is 0 Å². The zero-order chi connectivity index (χ0) is 10.6. The molecule has 0 amide bonds. The van der Waals surface area contributed by atoms with E-state index in [2.05, 4.69) is 30.8 Å². The van der Waals surface area contributed by atoms with Gasteiger partial charge in [0.2, 0.25) is 0 Å². The number of hydrogen-bond donors (Lipinski definition) is 0. The number of rotatable bonds is 4. The van der Waals surface area contributed by atoms with Gasteiger partial charge >= 0.3 is 0 Å². The van der Waals surface area contributed by atoms with E-state index in [1.807, 2.05) is 0 Å². The molecular weight excluding hydrogens is 176 g/mol. The largest absolute Gasteiger partial charge is 0.308 e. The molecule has 1 aliphatic rings. The lowest BCUT2D eigenvalue weighted by Crippen LogP contribution is -2.43. The van der Waals surface area contributed by atoms with Gasteiger partial charge in [-0.2, -0.15) is 0 Å². The minimum atomic E-state index is 0.297. The molecule has 0 aromatic carbocycles. The maximum Gasteiger partial charge on any atom is 0.138 e. The van der Waals surface area contributed by atoms with Crippen molar-refractivity contribution in [1.29, 1.82) is 0 Å². The first kappa shape index (κ1) is 11.7. The van der Waals surface area contributed by atoms with Crippen LogP contribution in [0.2, 0.25) is 0 Å². The smallest absolute Gasteiger partial charge is 0.138 e. The van der Waals surface area contributed by atoms with Crippen LogP contribution in [0, 0.1) is 5.92 Å². The molecule has 3 nitrogen and oxygen atoms in total. The minimum absolute atomic E-state index is 0.297. The van der Waals surface area contributed by atoms with Crippen LogP contribution in [0.4, 0.5) is 0 Å². The van der Waals surface area contributed by atoms with Gasteiger partial charge in [-0.05, 0) is 20.5 Å². The number of likely N-dealkylation sites (N-methyl/N-ethyl adjacent to an activating group) is 1. The fraction of sp³-hybridized carbons (Fsp3) is 0.909. The van der Waals surface area contributed by atoms with Gasteiger partial charge in [0.15, 0.2) is 0 Å². The fourth-order valence-electron chi connectivity index (χ4n) is 1.88. The average molecular weight is 198 g/mol. The quantitative estimate of drug-likeness (QED) is 0.669. The number of piperidine rings is 1. The van der Waals surface area contributed by atoms with E-state index in [1.54, 1.807) is 0 Å². The van der Waals surface area contributed by atoms with E-state index in [9.17, 15) is 4.79 Å². The molecule has 1 atom stereocenters. The van der Waals surface area contributed by atoms with E-state index in [-0.39, 0.29) is 0 Å². The van der Waals surface area contributed by atoms with Crippen molar-refractivity contribution in [2.45, 2.75) is 19.8 Å². The van der Waals surface area contributed by atoms with Crippen molar-refractivity contribution in [2.24, 2.45) is 5.92 Å². The zero-order valence-electron chi connectivity index (χ0n) is 9.62. The third-order valence-electron chi connectivity index (χ3n) is 2.96. The Kier molecular flexibility index (Phi) is 4.55. The summed E-state index contributed by atoms with van der Waals surface area (Å²) >= 11 is 0. The highest BCUT2D eigenvalue weighted by Crippen LogP contribution is 2.15. The van der Waals surface area contributed by atoms with Gasteiger partial charge in [-0.25, -0.2) is 0 Å². The minimum Gasteiger partial charge on any atom is -0.308 e. The lowest BCUT2D eigenvalue weighted by Gasteiger charge is -2.31. The Balaban J connectivity index is 2.31. The second-order valence-electron chi connectivity index (χ2n) is 4.43. The summed E-state index contributed by atoms with van der Waals surface area (Å²) in [6, 6.07) is 0. The van der Waals surface area contributed by atoms with E-state index in [1.165, 1.54) is 0 Å². The molecule has 14 heavy (non-hydrogen) atoms. The topological polar surface area (TPSA) is 23.6 Å². The van der Waals surface area contributed by atoms with Crippen molar-refractivity contribution >= 4 is 5.78 Å². The number of ketones is 1. The highest BCUT2D eigenvalue weighted by atomic mass is 16.1. The Morgan fingerprint density at radius 2 is 2.21 bits per heavy atom. The molecule has 82 valence electrons. The first-order chi connectivity index (χ1) is 6.63. The summed E-state index contributed by atoms with van der Waals surface area (Å²) in [5, 5.41) is 0. The molecule has 1 unspecified atom stereocenters. The van der Waals surface area contributed by atoms with Crippen LogP contribution < -0.4 is 0 Å². The SMILES string of the molecule is CCC1CN(CCN(C)C)CCC1=O. The lowest BCUT2D eigenvalue weighted by atomic mass is 9.94. The van der Waals surface area contributed by atoms with E-state index in [4.69, 9.17) is 0 Å². The molecule has 1 rings (SSSR count). The Morgan fingerprint density at radius 3 is 2.79 bits per heavy atom. The molecule has 1 saturated heterocycles. The third-order valence-corrected chi connectivity index (χ3v) is 2.96. The molecule has 0 aromatic heterocycles. The highest BCUT2D eigenvalue weighted by Gasteiger charge is 2.25. The van der Waals surface area contributed by atoms with Crippen molar-refractivity contribution in [3.63, 3.8) is 0 Å². The monoisotopic (exact) mass is 198 g/mol. The fourth-order valence-corrected chi connectivity index (χ4v) is 1.88. The van der Waals surface area contributed by atoms with Gasteiger partial charge < -0.3 is 9.80 Å². The Morgan fingerprint density at radius 1 is 1.50 bits per heavy atom. The second-order valence-corrected chi connectivity index (χ2v) is 4.43. The molecule has 0 saturated carbocycles. The van der Waals surface area contributed by atoms with Gasteiger partial charge in [-0.3, -0.25) is 4.79 Å². The molecule has 0 aromatic rings. The zero-order valence-corrected chi connectivity index (χ0v) is 9.62. The molecule has 0 radical (unpaired) electrons. The van der Waals surface area contributed by atoms with E-state index in [0.717, 1.165) is 39.0 Å². The van der Waals surface area contributed by atoms with Gasteiger partial charge in [0.05, 0.1) is 0 Å². The highest BCUT2D eigenvalue weighted by molar-refractivity contribution is 5.82. The molecule has 3 heteroatoms. The normalized spacial score (nSPS) is 24.6. The maximum atomic E-state index is 11.5. The van der Waals surface area contributed by atoms with Gasteiger partial charge in [0.1, 0.15) is 5.78 Å². The summed E-state index contributed by atoms with van der Waals surface area (Å²) in [7, 11) is 4.18.